The van der Waals surface area contributed by atoms with Gasteiger partial charge in [0.25, 0.3) is 11.8 Å². The average molecular weight is 743 g/mol. The molecule has 6 nitrogen and oxygen atoms in total. The maximum absolute atomic E-state index is 15.3. The van der Waals surface area contributed by atoms with E-state index in [2.05, 4.69) is 47.0 Å². The second-order valence-corrected chi connectivity index (χ2v) is 14.3. The molecule has 0 aliphatic carbocycles. The summed E-state index contributed by atoms with van der Waals surface area (Å²) in [5.74, 6) is -0.797. The summed E-state index contributed by atoms with van der Waals surface area (Å²) in [6.45, 7) is 0. The van der Waals surface area contributed by atoms with E-state index >= 15 is 4.79 Å². The van der Waals surface area contributed by atoms with Crippen LogP contribution in [0.4, 0.5) is 5.69 Å². The molecule has 1 aromatic heterocycles. The van der Waals surface area contributed by atoms with Crippen molar-refractivity contribution in [1.82, 2.24) is 4.57 Å². The van der Waals surface area contributed by atoms with Gasteiger partial charge in [-0.25, -0.2) is 4.90 Å². The Morgan fingerprint density at radius 2 is 0.948 bits per heavy atom. The molecule has 2 heterocycles. The number of carbonyl (C=O) groups excluding carboxylic acids is 2. The third kappa shape index (κ3) is 5.48. The molecule has 0 atom stereocenters. The van der Waals surface area contributed by atoms with Gasteiger partial charge in [-0.3, -0.25) is 9.59 Å². The van der Waals surface area contributed by atoms with Crippen molar-refractivity contribution in [3.8, 4) is 62.3 Å². The van der Waals surface area contributed by atoms with Crippen molar-refractivity contribution < 1.29 is 9.59 Å². The predicted octanol–water partition coefficient (Wildman–Crippen LogP) is 12.0. The van der Waals surface area contributed by atoms with E-state index in [4.69, 9.17) is 0 Å². The second kappa shape index (κ2) is 13.8. The van der Waals surface area contributed by atoms with Crippen molar-refractivity contribution in [1.29, 1.82) is 10.5 Å². The molecule has 0 saturated heterocycles. The van der Waals surface area contributed by atoms with Crippen LogP contribution in [0.2, 0.25) is 0 Å². The first kappa shape index (κ1) is 34.2. The molecule has 0 radical (unpaired) electrons. The number of hydrogen-bond acceptors (Lipinski definition) is 4. The minimum atomic E-state index is -0.405. The van der Waals surface area contributed by atoms with Crippen LogP contribution >= 0.6 is 0 Å². The number of amides is 2. The first-order chi connectivity index (χ1) is 28.5. The van der Waals surface area contributed by atoms with Crippen molar-refractivity contribution in [2.75, 3.05) is 4.90 Å². The minimum Gasteiger partial charge on any atom is -0.308 e. The van der Waals surface area contributed by atoms with Crippen LogP contribution in [0.5, 0.6) is 0 Å². The molecule has 0 unspecified atom stereocenters. The van der Waals surface area contributed by atoms with Gasteiger partial charge in [-0.2, -0.15) is 10.5 Å². The third-order valence-electron chi connectivity index (χ3n) is 10.9. The molecular formula is C52H30N4O2. The Morgan fingerprint density at radius 1 is 0.397 bits per heavy atom. The van der Waals surface area contributed by atoms with Gasteiger partial charge in [0.15, 0.2) is 0 Å². The zero-order valence-corrected chi connectivity index (χ0v) is 30.9. The van der Waals surface area contributed by atoms with E-state index in [-0.39, 0.29) is 0 Å². The Kier molecular flexibility index (Phi) is 8.11. The summed E-state index contributed by atoms with van der Waals surface area (Å²) in [4.78, 5) is 31.6. The van der Waals surface area contributed by atoms with Gasteiger partial charge in [0.2, 0.25) is 0 Å². The smallest absolute Gasteiger partial charge is 0.268 e. The highest BCUT2D eigenvalue weighted by molar-refractivity contribution is 6.37. The zero-order chi connectivity index (χ0) is 39.3. The van der Waals surface area contributed by atoms with Crippen molar-refractivity contribution in [3.05, 3.63) is 204 Å². The molecule has 0 bridgehead atoms. The van der Waals surface area contributed by atoms with Crippen molar-refractivity contribution in [2.45, 2.75) is 0 Å². The van der Waals surface area contributed by atoms with Crippen LogP contribution in [0.3, 0.4) is 0 Å². The third-order valence-corrected chi connectivity index (χ3v) is 10.9. The van der Waals surface area contributed by atoms with E-state index in [9.17, 15) is 15.3 Å². The van der Waals surface area contributed by atoms with Gasteiger partial charge in [-0.15, -0.1) is 0 Å². The average Bonchev–Trinajstić information content (AvgIpc) is 3.76. The fourth-order valence-corrected chi connectivity index (χ4v) is 8.34. The van der Waals surface area contributed by atoms with Gasteiger partial charge < -0.3 is 4.57 Å². The van der Waals surface area contributed by atoms with Crippen LogP contribution < -0.4 is 4.90 Å². The van der Waals surface area contributed by atoms with E-state index in [0.29, 0.717) is 33.6 Å². The molecule has 0 spiro atoms. The summed E-state index contributed by atoms with van der Waals surface area (Å²) in [7, 11) is 0. The van der Waals surface area contributed by atoms with E-state index < -0.39 is 11.8 Å². The molecular weight excluding hydrogens is 713 g/mol. The first-order valence-corrected chi connectivity index (χ1v) is 18.9. The van der Waals surface area contributed by atoms with Crippen LogP contribution in [-0.2, 0) is 0 Å². The number of nitrogens with zero attached hydrogens (tertiary/aromatic N) is 4. The highest BCUT2D eigenvalue weighted by atomic mass is 16.2. The van der Waals surface area contributed by atoms with Gasteiger partial charge in [0.1, 0.15) is 0 Å². The number of imide groups is 1. The number of rotatable bonds is 6. The highest BCUT2D eigenvalue weighted by Crippen LogP contribution is 2.47. The largest absolute Gasteiger partial charge is 0.308 e. The Bertz CT molecular complexity index is 3130. The second-order valence-electron chi connectivity index (χ2n) is 14.3. The van der Waals surface area contributed by atoms with Crippen LogP contribution in [-0.4, -0.2) is 16.4 Å². The summed E-state index contributed by atoms with van der Waals surface area (Å²) < 4.78 is 2.06. The summed E-state index contributed by atoms with van der Waals surface area (Å²) in [6.07, 6.45) is 0. The number of hydrogen-bond donors (Lipinski definition) is 0. The number of anilines is 1. The van der Waals surface area contributed by atoms with Crippen LogP contribution in [0.15, 0.2) is 182 Å². The van der Waals surface area contributed by atoms with Crippen LogP contribution in [0.1, 0.15) is 31.8 Å². The first-order valence-electron chi connectivity index (χ1n) is 18.9. The molecule has 1 aliphatic rings. The molecule has 270 valence electrons. The molecule has 8 aromatic carbocycles. The SMILES string of the molecule is N#Cc1cc(C#N)cc(-c2ccc3c(c2)c2ccccc2n3-c2cccc3c2C(=O)N(c2c(-c4ccccc4)cc(-c4ccccc4)cc2-c2ccccc2)C3=O)c1. The molecule has 0 N–H and O–H groups in total. The predicted molar refractivity (Wildman–Crippen MR) is 230 cm³/mol. The number of nitriles is 2. The van der Waals surface area contributed by atoms with E-state index in [1.165, 1.54) is 4.90 Å². The topological polar surface area (TPSA) is 89.9 Å². The highest BCUT2D eigenvalue weighted by Gasteiger charge is 2.41. The summed E-state index contributed by atoms with van der Waals surface area (Å²) in [5, 5.41) is 21.2. The number of benzene rings is 8. The van der Waals surface area contributed by atoms with Crippen molar-refractivity contribution in [3.63, 3.8) is 0 Å². The fourth-order valence-electron chi connectivity index (χ4n) is 8.34. The minimum absolute atomic E-state index is 0.324. The van der Waals surface area contributed by atoms with Crippen LogP contribution in [0, 0.1) is 22.7 Å². The summed E-state index contributed by atoms with van der Waals surface area (Å²) in [5.41, 5.74) is 11.2. The molecule has 10 rings (SSSR count). The number of fused-ring (bicyclic) bond motifs is 4. The molecule has 0 saturated carbocycles. The lowest BCUT2D eigenvalue weighted by atomic mass is 9.90. The molecule has 1 aliphatic heterocycles. The Morgan fingerprint density at radius 3 is 1.57 bits per heavy atom. The van der Waals surface area contributed by atoms with Crippen molar-refractivity contribution in [2.24, 2.45) is 0 Å². The van der Waals surface area contributed by atoms with Crippen molar-refractivity contribution >= 4 is 39.3 Å². The lowest BCUT2D eigenvalue weighted by Crippen LogP contribution is -2.30. The van der Waals surface area contributed by atoms with E-state index in [1.807, 2.05) is 127 Å². The lowest BCUT2D eigenvalue weighted by Gasteiger charge is -2.24. The van der Waals surface area contributed by atoms with E-state index in [0.717, 1.165) is 66.3 Å². The molecule has 58 heavy (non-hydrogen) atoms. The number of aromatic nitrogens is 1. The normalized spacial score (nSPS) is 12.1. The van der Waals surface area contributed by atoms with Gasteiger partial charge in [-0.05, 0) is 94.0 Å². The maximum atomic E-state index is 15.3. The van der Waals surface area contributed by atoms with Gasteiger partial charge >= 0.3 is 0 Å². The number of para-hydroxylation sites is 1. The molecule has 0 fully saturated rings. The Labute approximate surface area is 334 Å². The number of carbonyl (C=O) groups is 2. The Hall–Kier alpha value is -8.32. The summed E-state index contributed by atoms with van der Waals surface area (Å²) in [6, 6.07) is 63.1. The van der Waals surface area contributed by atoms with E-state index in [1.54, 1.807) is 24.3 Å². The maximum Gasteiger partial charge on any atom is 0.268 e. The zero-order valence-electron chi connectivity index (χ0n) is 30.9. The monoisotopic (exact) mass is 742 g/mol. The van der Waals surface area contributed by atoms with Crippen LogP contribution in [0.25, 0.3) is 72.0 Å². The molecule has 6 heteroatoms. The standard InChI is InChI=1S/C52H30N4O2/c53-31-33-25-34(32-54)27-39(26-33)38-23-24-47-45(28-38)41-19-10-11-21-46(41)55(47)48-22-12-20-42-49(48)52(58)56(51(42)57)50-43(36-15-6-2-7-16-36)29-40(35-13-4-1-5-14-35)30-44(50)37-17-8-3-9-18-37/h1-30H. The summed E-state index contributed by atoms with van der Waals surface area (Å²) >= 11 is 0. The van der Waals surface area contributed by atoms with Gasteiger partial charge in [0.05, 0.1) is 56.8 Å². The fraction of sp³-hybridized carbons (Fsp3) is 0. The quantitative estimate of drug-likeness (QED) is 0.159. The lowest BCUT2D eigenvalue weighted by molar-refractivity contribution is 0.0926. The molecule has 9 aromatic rings. The van der Waals surface area contributed by atoms with Gasteiger partial charge in [0, 0.05) is 21.9 Å². The molecule has 2 amide bonds. The van der Waals surface area contributed by atoms with Gasteiger partial charge in [-0.1, -0.05) is 121 Å². The Balaban J connectivity index is 1.19.